The lowest BCUT2D eigenvalue weighted by Crippen LogP contribution is -1.62. The van der Waals surface area contributed by atoms with Crippen LogP contribution in [0.25, 0.3) is 0 Å². The topological polar surface area (TPSA) is 20.2 Å². The van der Waals surface area contributed by atoms with Crippen molar-refractivity contribution in [1.29, 1.82) is 0 Å². The molecular formula is C6H6ClO+. The standard InChI is InChI=1S/C6H5ClO/c7-5-3-1-2-4-6(5)8/h1-4,8H/p+1. The highest BCUT2D eigenvalue weighted by atomic mass is 35.5. The van der Waals surface area contributed by atoms with E-state index in [1.807, 2.05) is 0 Å². The minimum Gasteiger partial charge on any atom is -0.506 e. The van der Waals surface area contributed by atoms with Crippen LogP contribution >= 0.6 is 11.6 Å². The molecule has 0 radical (unpaired) electrons. The van der Waals surface area contributed by atoms with Crippen molar-refractivity contribution in [3.8, 4) is 5.75 Å². The summed E-state index contributed by atoms with van der Waals surface area (Å²) in [6.07, 6.45) is 0. The molecule has 8 heavy (non-hydrogen) atoms. The number of phenolic OH excluding ortho intramolecular Hbond substituents is 1. The summed E-state index contributed by atoms with van der Waals surface area (Å²) < 4.78 is 0. The molecule has 1 nitrogen and oxygen atoms in total. The fourth-order valence-corrected chi connectivity index (χ4v) is 0.587. The van der Waals surface area contributed by atoms with E-state index in [9.17, 15) is 0 Å². The molecule has 0 atom stereocenters. The van der Waals surface area contributed by atoms with Crippen LogP contribution in [0.15, 0.2) is 24.3 Å². The van der Waals surface area contributed by atoms with E-state index >= 15 is 0 Å². The van der Waals surface area contributed by atoms with Crippen LogP contribution in [0.5, 0.6) is 5.75 Å². The van der Waals surface area contributed by atoms with Crippen LogP contribution < -0.4 is 0 Å². The molecule has 0 aliphatic rings. The molecule has 1 aromatic rings. The zero-order chi connectivity index (χ0) is 5.98. The van der Waals surface area contributed by atoms with Crippen molar-refractivity contribution in [2.75, 3.05) is 0 Å². The lowest BCUT2D eigenvalue weighted by molar-refractivity contribution is 0.475. The minimum atomic E-state index is 0. The van der Waals surface area contributed by atoms with Gasteiger partial charge >= 0.3 is 1.43 Å². The number of benzene rings is 1. The molecule has 1 rings (SSSR count). The van der Waals surface area contributed by atoms with Gasteiger partial charge in [0.2, 0.25) is 0 Å². The summed E-state index contributed by atoms with van der Waals surface area (Å²) in [7, 11) is 0. The fourth-order valence-electron chi connectivity index (χ4n) is 0.452. The average Bonchev–Trinajstić information content (AvgIpc) is 1.77. The lowest BCUT2D eigenvalue weighted by Gasteiger charge is -1.89. The second-order valence-corrected chi connectivity index (χ2v) is 1.86. The first-order chi connectivity index (χ1) is 3.80. The third-order valence-electron chi connectivity index (χ3n) is 0.852. The van der Waals surface area contributed by atoms with Crippen molar-refractivity contribution in [3.05, 3.63) is 29.3 Å². The van der Waals surface area contributed by atoms with E-state index in [-0.39, 0.29) is 7.18 Å². The molecular weight excluding hydrogens is 124 g/mol. The molecule has 0 aliphatic heterocycles. The van der Waals surface area contributed by atoms with Crippen LogP contribution in [-0.4, -0.2) is 5.11 Å². The molecule has 0 fully saturated rings. The number of rotatable bonds is 0. The SMILES string of the molecule is Oc1ccccc1Cl.[H+]. The van der Waals surface area contributed by atoms with Crippen molar-refractivity contribution >= 4 is 11.6 Å². The summed E-state index contributed by atoms with van der Waals surface area (Å²) >= 11 is 5.46. The third-order valence-corrected chi connectivity index (χ3v) is 1.17. The summed E-state index contributed by atoms with van der Waals surface area (Å²) in [4.78, 5) is 0. The van der Waals surface area contributed by atoms with Crippen molar-refractivity contribution < 1.29 is 6.53 Å². The lowest BCUT2D eigenvalue weighted by atomic mass is 10.3. The fraction of sp³-hybridized carbons (Fsp3) is 0. The highest BCUT2D eigenvalue weighted by Crippen LogP contribution is 2.20. The first-order valence-electron chi connectivity index (χ1n) is 2.24. The molecule has 0 saturated carbocycles. The molecule has 0 heterocycles. The Bertz CT molecular complexity index is 169. The van der Waals surface area contributed by atoms with Gasteiger partial charge in [-0.15, -0.1) is 0 Å². The molecule has 2 heteroatoms. The van der Waals surface area contributed by atoms with Crippen LogP contribution in [0.3, 0.4) is 0 Å². The number of phenols is 1. The second-order valence-electron chi connectivity index (χ2n) is 1.45. The highest BCUT2D eigenvalue weighted by Gasteiger charge is 1.89. The Morgan fingerprint density at radius 1 is 1.38 bits per heavy atom. The maximum atomic E-state index is 8.79. The van der Waals surface area contributed by atoms with E-state index in [0.717, 1.165) is 0 Å². The van der Waals surface area contributed by atoms with E-state index in [0.29, 0.717) is 5.02 Å². The molecule has 0 spiro atoms. The van der Waals surface area contributed by atoms with Crippen LogP contribution in [0.2, 0.25) is 5.02 Å². The van der Waals surface area contributed by atoms with Crippen molar-refractivity contribution in [3.63, 3.8) is 0 Å². The Hall–Kier alpha value is -0.690. The largest absolute Gasteiger partial charge is 1.00 e. The Balaban J connectivity index is 0.000000640. The first kappa shape index (κ1) is 5.45. The van der Waals surface area contributed by atoms with Crippen molar-refractivity contribution in [2.45, 2.75) is 0 Å². The van der Waals surface area contributed by atoms with E-state index < -0.39 is 0 Å². The predicted molar refractivity (Wildman–Crippen MR) is 34.2 cm³/mol. The summed E-state index contributed by atoms with van der Waals surface area (Å²) in [6.45, 7) is 0. The molecule has 0 amide bonds. The monoisotopic (exact) mass is 129 g/mol. The van der Waals surface area contributed by atoms with Gasteiger partial charge in [0.05, 0.1) is 5.02 Å². The predicted octanol–water partition coefficient (Wildman–Crippen LogP) is 2.16. The smallest absolute Gasteiger partial charge is 0.506 e. The summed E-state index contributed by atoms with van der Waals surface area (Å²) in [5.41, 5.74) is 0. The molecule has 0 aliphatic carbocycles. The van der Waals surface area contributed by atoms with Gasteiger partial charge in [-0.05, 0) is 12.1 Å². The van der Waals surface area contributed by atoms with Gasteiger partial charge in [0.1, 0.15) is 5.75 Å². The Labute approximate surface area is 54.0 Å². The zero-order valence-electron chi connectivity index (χ0n) is 5.13. The number of hydrogen-bond donors (Lipinski definition) is 1. The van der Waals surface area contributed by atoms with Gasteiger partial charge in [-0.25, -0.2) is 0 Å². The van der Waals surface area contributed by atoms with Gasteiger partial charge in [-0.2, -0.15) is 0 Å². The molecule has 0 unspecified atom stereocenters. The maximum Gasteiger partial charge on any atom is 1.00 e. The van der Waals surface area contributed by atoms with Gasteiger partial charge in [0.25, 0.3) is 0 Å². The molecule has 1 N–H and O–H groups in total. The Morgan fingerprint density at radius 3 is 2.38 bits per heavy atom. The van der Waals surface area contributed by atoms with Crippen LogP contribution in [0.1, 0.15) is 1.43 Å². The molecule has 0 aromatic heterocycles. The Kier molecular flexibility index (Phi) is 1.40. The van der Waals surface area contributed by atoms with E-state index in [4.69, 9.17) is 16.7 Å². The van der Waals surface area contributed by atoms with Gasteiger partial charge in [0.15, 0.2) is 0 Å². The number of para-hydroxylation sites is 1. The number of hydrogen-bond acceptors (Lipinski definition) is 1. The normalized spacial score (nSPS) is 9.12. The third kappa shape index (κ3) is 0.928. The van der Waals surface area contributed by atoms with E-state index in [2.05, 4.69) is 0 Å². The van der Waals surface area contributed by atoms with Crippen molar-refractivity contribution in [2.24, 2.45) is 0 Å². The van der Waals surface area contributed by atoms with Gasteiger partial charge in [-0.3, -0.25) is 0 Å². The summed E-state index contributed by atoms with van der Waals surface area (Å²) in [6, 6.07) is 6.67. The number of aromatic hydroxyl groups is 1. The van der Waals surface area contributed by atoms with Gasteiger partial charge < -0.3 is 5.11 Å². The van der Waals surface area contributed by atoms with Crippen molar-refractivity contribution in [1.82, 2.24) is 0 Å². The average molecular weight is 130 g/mol. The van der Waals surface area contributed by atoms with Crippen LogP contribution in [0, 0.1) is 0 Å². The van der Waals surface area contributed by atoms with Gasteiger partial charge in [0, 0.05) is 0 Å². The van der Waals surface area contributed by atoms with Gasteiger partial charge in [-0.1, -0.05) is 23.7 Å². The number of halogens is 1. The van der Waals surface area contributed by atoms with Crippen LogP contribution in [0.4, 0.5) is 0 Å². The molecule has 0 saturated heterocycles. The molecule has 0 bridgehead atoms. The highest BCUT2D eigenvalue weighted by molar-refractivity contribution is 6.31. The summed E-state index contributed by atoms with van der Waals surface area (Å²) in [5.74, 6) is 0.133. The zero-order valence-corrected chi connectivity index (χ0v) is 4.89. The maximum absolute atomic E-state index is 8.79. The van der Waals surface area contributed by atoms with E-state index in [1.54, 1.807) is 24.3 Å². The quantitative estimate of drug-likeness (QED) is 0.569. The van der Waals surface area contributed by atoms with E-state index in [1.165, 1.54) is 0 Å². The van der Waals surface area contributed by atoms with Crippen LogP contribution in [-0.2, 0) is 0 Å². The second kappa shape index (κ2) is 2.05. The molecule has 42 valence electrons. The minimum absolute atomic E-state index is 0. The molecule has 1 aromatic carbocycles. The summed E-state index contributed by atoms with van der Waals surface area (Å²) in [5, 5.41) is 9.18. The first-order valence-corrected chi connectivity index (χ1v) is 2.62. The Morgan fingerprint density at radius 2 is 2.00 bits per heavy atom.